The fourth-order valence-corrected chi connectivity index (χ4v) is 3.73. The van der Waals surface area contributed by atoms with Crippen LogP contribution < -0.4 is 5.32 Å². The summed E-state index contributed by atoms with van der Waals surface area (Å²) in [6.07, 6.45) is 5.94. The molecular formula is C17H29N3O3. The number of aryl methyl sites for hydroxylation is 1. The van der Waals surface area contributed by atoms with Crippen molar-refractivity contribution in [2.75, 3.05) is 19.8 Å². The molecule has 1 spiro atoms. The predicted molar refractivity (Wildman–Crippen MR) is 87.1 cm³/mol. The topological polar surface area (TPSA) is 68.5 Å². The Labute approximate surface area is 138 Å². The highest BCUT2D eigenvalue weighted by atomic mass is 16.7. The largest absolute Gasteiger partial charge is 0.394 e. The van der Waals surface area contributed by atoms with Crippen molar-refractivity contribution in [1.29, 1.82) is 0 Å². The summed E-state index contributed by atoms with van der Waals surface area (Å²) < 4.78 is 14.0. The molecule has 23 heavy (non-hydrogen) atoms. The summed E-state index contributed by atoms with van der Waals surface area (Å²) in [5, 5.41) is 17.0. The van der Waals surface area contributed by atoms with Crippen molar-refractivity contribution in [2.24, 2.45) is 0 Å². The first-order chi connectivity index (χ1) is 11.1. The summed E-state index contributed by atoms with van der Waals surface area (Å²) >= 11 is 0. The second kappa shape index (κ2) is 7.30. The lowest BCUT2D eigenvalue weighted by molar-refractivity contribution is -0.186. The van der Waals surface area contributed by atoms with Crippen LogP contribution >= 0.6 is 0 Å². The average molecular weight is 323 g/mol. The number of ether oxygens (including phenoxy) is 2. The van der Waals surface area contributed by atoms with Gasteiger partial charge in [-0.3, -0.25) is 4.68 Å². The number of nitrogens with zero attached hydrogens (tertiary/aromatic N) is 2. The zero-order chi connectivity index (χ0) is 16.3. The zero-order valence-corrected chi connectivity index (χ0v) is 14.3. The zero-order valence-electron chi connectivity index (χ0n) is 14.3. The van der Waals surface area contributed by atoms with Crippen LogP contribution in [0.4, 0.5) is 0 Å². The third-order valence-corrected chi connectivity index (χ3v) is 5.05. The fourth-order valence-electron chi connectivity index (χ4n) is 3.73. The Morgan fingerprint density at radius 3 is 2.83 bits per heavy atom. The van der Waals surface area contributed by atoms with E-state index >= 15 is 0 Å². The molecule has 1 unspecified atom stereocenters. The molecule has 1 saturated carbocycles. The van der Waals surface area contributed by atoms with Crippen molar-refractivity contribution in [1.82, 2.24) is 15.1 Å². The molecule has 6 nitrogen and oxygen atoms in total. The molecule has 1 aliphatic heterocycles. The first kappa shape index (κ1) is 16.9. The van der Waals surface area contributed by atoms with E-state index in [1.165, 1.54) is 24.8 Å². The van der Waals surface area contributed by atoms with Crippen LogP contribution in [0.15, 0.2) is 0 Å². The van der Waals surface area contributed by atoms with Gasteiger partial charge in [0.2, 0.25) is 0 Å². The lowest BCUT2D eigenvalue weighted by Gasteiger charge is -2.31. The Kier molecular flexibility index (Phi) is 5.36. The van der Waals surface area contributed by atoms with E-state index in [-0.39, 0.29) is 18.5 Å². The van der Waals surface area contributed by atoms with Gasteiger partial charge in [-0.1, -0.05) is 6.42 Å². The minimum atomic E-state index is -0.289. The summed E-state index contributed by atoms with van der Waals surface area (Å²) in [5.74, 6) is -0.289. The minimum Gasteiger partial charge on any atom is -0.394 e. The van der Waals surface area contributed by atoms with Crippen LogP contribution in [0.1, 0.15) is 49.1 Å². The Bertz CT molecular complexity index is 523. The van der Waals surface area contributed by atoms with Crippen LogP contribution in [0.2, 0.25) is 0 Å². The van der Waals surface area contributed by atoms with Gasteiger partial charge in [-0.15, -0.1) is 0 Å². The van der Waals surface area contributed by atoms with Crippen LogP contribution in [0, 0.1) is 13.8 Å². The maximum absolute atomic E-state index is 9.08. The average Bonchev–Trinajstić information content (AvgIpc) is 3.04. The van der Waals surface area contributed by atoms with Crippen LogP contribution in [0.5, 0.6) is 0 Å². The number of aliphatic hydroxyl groups excluding tert-OH is 1. The molecule has 6 heteroatoms. The quantitative estimate of drug-likeness (QED) is 0.833. The van der Waals surface area contributed by atoms with Gasteiger partial charge in [0.15, 0.2) is 5.79 Å². The first-order valence-electron chi connectivity index (χ1n) is 8.80. The molecule has 1 aliphatic carbocycles. The molecule has 0 amide bonds. The van der Waals surface area contributed by atoms with E-state index in [9.17, 15) is 0 Å². The van der Waals surface area contributed by atoms with Crippen molar-refractivity contribution in [3.8, 4) is 0 Å². The van der Waals surface area contributed by atoms with Gasteiger partial charge in [0, 0.05) is 37.2 Å². The SMILES string of the molecule is Cc1nn(CCO)c(C)c1CNCC1COC2(CCCCC2)O1. The van der Waals surface area contributed by atoms with Gasteiger partial charge in [0.25, 0.3) is 0 Å². The lowest BCUT2D eigenvalue weighted by Crippen LogP contribution is -2.35. The van der Waals surface area contributed by atoms with E-state index < -0.39 is 0 Å². The van der Waals surface area contributed by atoms with E-state index in [1.807, 2.05) is 11.6 Å². The normalized spacial score (nSPS) is 23.7. The summed E-state index contributed by atoms with van der Waals surface area (Å²) in [4.78, 5) is 0. The van der Waals surface area contributed by atoms with Crippen molar-refractivity contribution in [3.63, 3.8) is 0 Å². The smallest absolute Gasteiger partial charge is 0.168 e. The van der Waals surface area contributed by atoms with E-state index in [4.69, 9.17) is 14.6 Å². The predicted octanol–water partition coefficient (Wildman–Crippen LogP) is 1.66. The van der Waals surface area contributed by atoms with E-state index in [0.29, 0.717) is 13.2 Å². The second-order valence-corrected chi connectivity index (χ2v) is 6.75. The standard InChI is InChI=1S/C17H29N3O3/c1-13-16(14(2)20(19-13)8-9-21)11-18-10-15-12-22-17(23-15)6-4-3-5-7-17/h15,18,21H,3-12H2,1-2H3. The van der Waals surface area contributed by atoms with Crippen molar-refractivity contribution in [2.45, 2.75) is 70.9 Å². The maximum Gasteiger partial charge on any atom is 0.168 e. The van der Waals surface area contributed by atoms with Crippen molar-refractivity contribution in [3.05, 3.63) is 17.0 Å². The Balaban J connectivity index is 1.49. The molecule has 1 atom stereocenters. The van der Waals surface area contributed by atoms with Gasteiger partial charge in [-0.05, 0) is 26.7 Å². The van der Waals surface area contributed by atoms with E-state index in [0.717, 1.165) is 37.3 Å². The number of hydrogen-bond donors (Lipinski definition) is 2. The summed E-state index contributed by atoms with van der Waals surface area (Å²) in [5.41, 5.74) is 3.36. The molecule has 0 bridgehead atoms. The number of aliphatic hydroxyl groups is 1. The Morgan fingerprint density at radius 2 is 2.09 bits per heavy atom. The molecule has 1 aromatic heterocycles. The molecule has 3 rings (SSSR count). The fraction of sp³-hybridized carbons (Fsp3) is 0.824. The molecule has 130 valence electrons. The number of rotatable bonds is 6. The molecule has 2 heterocycles. The molecule has 2 aliphatic rings. The Hall–Kier alpha value is -0.950. The number of nitrogens with one attached hydrogen (secondary N) is 1. The van der Waals surface area contributed by atoms with Crippen LogP contribution in [0.25, 0.3) is 0 Å². The van der Waals surface area contributed by atoms with Crippen LogP contribution in [0.3, 0.4) is 0 Å². The highest BCUT2D eigenvalue weighted by Crippen LogP contribution is 2.37. The van der Waals surface area contributed by atoms with Gasteiger partial charge >= 0.3 is 0 Å². The third-order valence-electron chi connectivity index (χ3n) is 5.05. The molecule has 1 aromatic rings. The van der Waals surface area contributed by atoms with E-state index in [1.54, 1.807) is 0 Å². The second-order valence-electron chi connectivity index (χ2n) is 6.75. The number of hydrogen-bond acceptors (Lipinski definition) is 5. The molecule has 0 aromatic carbocycles. The van der Waals surface area contributed by atoms with Crippen LogP contribution in [-0.4, -0.2) is 46.5 Å². The van der Waals surface area contributed by atoms with Crippen molar-refractivity contribution >= 4 is 0 Å². The summed E-state index contributed by atoms with van der Waals surface area (Å²) in [6.45, 7) is 7.00. The van der Waals surface area contributed by atoms with Crippen LogP contribution in [-0.2, 0) is 22.6 Å². The minimum absolute atomic E-state index is 0.115. The lowest BCUT2D eigenvalue weighted by atomic mass is 9.94. The highest BCUT2D eigenvalue weighted by molar-refractivity contribution is 5.24. The Morgan fingerprint density at radius 1 is 1.30 bits per heavy atom. The first-order valence-corrected chi connectivity index (χ1v) is 8.80. The molecule has 1 saturated heterocycles. The monoisotopic (exact) mass is 323 g/mol. The third kappa shape index (κ3) is 3.76. The van der Waals surface area contributed by atoms with Gasteiger partial charge in [0.1, 0.15) is 0 Å². The van der Waals surface area contributed by atoms with Gasteiger partial charge < -0.3 is 19.9 Å². The van der Waals surface area contributed by atoms with Crippen molar-refractivity contribution < 1.29 is 14.6 Å². The maximum atomic E-state index is 9.08. The molecule has 2 N–H and O–H groups in total. The van der Waals surface area contributed by atoms with Gasteiger partial charge in [-0.25, -0.2) is 0 Å². The summed E-state index contributed by atoms with van der Waals surface area (Å²) in [6, 6.07) is 0. The molecule has 2 fully saturated rings. The van der Waals surface area contributed by atoms with Gasteiger partial charge in [0.05, 0.1) is 31.6 Å². The highest BCUT2D eigenvalue weighted by Gasteiger charge is 2.41. The molecular weight excluding hydrogens is 294 g/mol. The summed E-state index contributed by atoms with van der Waals surface area (Å²) in [7, 11) is 0. The van der Waals surface area contributed by atoms with Gasteiger partial charge in [-0.2, -0.15) is 5.10 Å². The van der Waals surface area contributed by atoms with E-state index in [2.05, 4.69) is 17.3 Å². The number of aromatic nitrogens is 2. The molecule has 0 radical (unpaired) electrons.